The van der Waals surface area contributed by atoms with E-state index in [0.717, 1.165) is 11.8 Å². The molecule has 1 nitrogen and oxygen atoms in total. The predicted molar refractivity (Wildman–Crippen MR) is 49.5 cm³/mol. The van der Waals surface area contributed by atoms with Gasteiger partial charge in [0.25, 0.3) is 0 Å². The van der Waals surface area contributed by atoms with E-state index < -0.39 is 0 Å². The van der Waals surface area contributed by atoms with E-state index in [2.05, 4.69) is 18.1 Å². The Morgan fingerprint density at radius 3 is 2.50 bits per heavy atom. The van der Waals surface area contributed by atoms with Crippen LogP contribution >= 0.6 is 0 Å². The van der Waals surface area contributed by atoms with Gasteiger partial charge in [-0.2, -0.15) is 0 Å². The minimum atomic E-state index is 0.898. The number of hydrogen-bond acceptors (Lipinski definition) is 0. The second kappa shape index (κ2) is 2.15. The lowest BCUT2D eigenvalue weighted by Gasteiger charge is -2.36. The highest BCUT2D eigenvalue weighted by atomic mass is 14.7. The number of nitrogens with one attached hydrogen (secondary N) is 1. The Balaban J connectivity index is 2.21. The first-order valence-electron chi connectivity index (χ1n) is 5.04. The van der Waals surface area contributed by atoms with Gasteiger partial charge in [0.2, 0.25) is 0 Å². The highest BCUT2D eigenvalue weighted by molar-refractivity contribution is 5.40. The monoisotopic (exact) mass is 161 g/mol. The molecule has 1 heteroatoms. The number of fused-ring (bicyclic) bond motifs is 2. The quantitative estimate of drug-likeness (QED) is 0.602. The summed E-state index contributed by atoms with van der Waals surface area (Å²) < 4.78 is 0. The highest BCUT2D eigenvalue weighted by Crippen LogP contribution is 2.50. The second-order valence-electron chi connectivity index (χ2n) is 4.33. The summed E-state index contributed by atoms with van der Waals surface area (Å²) in [6.07, 6.45) is 8.01. The van der Waals surface area contributed by atoms with E-state index >= 15 is 0 Å². The van der Waals surface area contributed by atoms with E-state index in [-0.39, 0.29) is 0 Å². The molecule has 2 bridgehead atoms. The minimum absolute atomic E-state index is 0.898. The first-order chi connectivity index (χ1) is 5.86. The molecule has 0 saturated heterocycles. The van der Waals surface area contributed by atoms with Crippen LogP contribution in [0.1, 0.15) is 54.3 Å². The van der Waals surface area contributed by atoms with Crippen LogP contribution in [-0.4, -0.2) is 4.98 Å². The van der Waals surface area contributed by atoms with Crippen LogP contribution in [0.25, 0.3) is 0 Å². The van der Waals surface area contributed by atoms with Gasteiger partial charge in [-0.15, -0.1) is 0 Å². The number of rotatable bonds is 0. The number of aryl methyl sites for hydroxylation is 1. The molecule has 0 radical (unpaired) electrons. The third kappa shape index (κ3) is 0.694. The van der Waals surface area contributed by atoms with Crippen LogP contribution < -0.4 is 0 Å². The average Bonchev–Trinajstić information content (AvgIpc) is 2.53. The highest BCUT2D eigenvalue weighted by Gasteiger charge is 2.34. The molecule has 3 aliphatic rings. The van der Waals surface area contributed by atoms with Gasteiger partial charge in [0.05, 0.1) is 0 Å². The molecule has 12 heavy (non-hydrogen) atoms. The number of aromatic amines is 1. The summed E-state index contributed by atoms with van der Waals surface area (Å²) in [6.45, 7) is 2.22. The molecule has 0 spiro atoms. The van der Waals surface area contributed by atoms with Crippen LogP contribution in [0.4, 0.5) is 0 Å². The summed E-state index contributed by atoms with van der Waals surface area (Å²) in [5, 5.41) is 0. The van der Waals surface area contributed by atoms with Crippen molar-refractivity contribution >= 4 is 0 Å². The molecule has 3 aliphatic carbocycles. The molecule has 1 heterocycles. The minimum Gasteiger partial charge on any atom is -0.365 e. The van der Waals surface area contributed by atoms with Gasteiger partial charge >= 0.3 is 0 Å². The first-order valence-corrected chi connectivity index (χ1v) is 5.04. The van der Waals surface area contributed by atoms with Crippen molar-refractivity contribution in [2.24, 2.45) is 0 Å². The fraction of sp³-hybridized carbons (Fsp3) is 0.636. The van der Waals surface area contributed by atoms with Gasteiger partial charge in [-0.25, -0.2) is 0 Å². The zero-order chi connectivity index (χ0) is 8.13. The van der Waals surface area contributed by atoms with E-state index in [4.69, 9.17) is 0 Å². The summed E-state index contributed by atoms with van der Waals surface area (Å²) >= 11 is 0. The van der Waals surface area contributed by atoms with Crippen LogP contribution in [-0.2, 0) is 0 Å². The molecule has 1 aromatic rings. The van der Waals surface area contributed by atoms with Gasteiger partial charge in [0.1, 0.15) is 0 Å². The van der Waals surface area contributed by atoms with Crippen molar-refractivity contribution in [3.8, 4) is 0 Å². The molecule has 1 fully saturated rings. The Morgan fingerprint density at radius 1 is 1.17 bits per heavy atom. The lowest BCUT2D eigenvalue weighted by molar-refractivity contribution is 0.360. The Kier molecular flexibility index (Phi) is 1.21. The van der Waals surface area contributed by atoms with Crippen molar-refractivity contribution < 1.29 is 0 Å². The first kappa shape index (κ1) is 6.76. The molecule has 4 rings (SSSR count). The van der Waals surface area contributed by atoms with Crippen molar-refractivity contribution in [1.29, 1.82) is 0 Å². The SMILES string of the molecule is Cc1[nH]cc2c1C1CCC2CC1. The van der Waals surface area contributed by atoms with E-state index in [0.29, 0.717) is 0 Å². The molecule has 0 amide bonds. The largest absolute Gasteiger partial charge is 0.365 e. The van der Waals surface area contributed by atoms with Crippen LogP contribution in [0.15, 0.2) is 6.20 Å². The van der Waals surface area contributed by atoms with Crippen molar-refractivity contribution in [1.82, 2.24) is 4.98 Å². The van der Waals surface area contributed by atoms with Crippen LogP contribution in [0, 0.1) is 6.92 Å². The normalized spacial score (nSPS) is 32.1. The Bertz CT molecular complexity index is 303. The molecule has 0 unspecified atom stereocenters. The average molecular weight is 161 g/mol. The van der Waals surface area contributed by atoms with Gasteiger partial charge < -0.3 is 4.98 Å². The third-order valence-electron chi connectivity index (χ3n) is 3.73. The molecular formula is C11H15N. The maximum atomic E-state index is 3.38. The standard InChI is InChI=1S/C11H15N/c1-7-11-9-4-2-8(3-5-9)10(11)6-12-7/h6,8-9,12H,2-5H2,1H3. The number of aromatic nitrogens is 1. The van der Waals surface area contributed by atoms with E-state index in [9.17, 15) is 0 Å². The summed E-state index contributed by atoms with van der Waals surface area (Å²) in [6, 6.07) is 0. The third-order valence-corrected chi connectivity index (χ3v) is 3.73. The Labute approximate surface area is 73.2 Å². The number of hydrogen-bond donors (Lipinski definition) is 1. The second-order valence-corrected chi connectivity index (χ2v) is 4.33. The summed E-state index contributed by atoms with van der Waals surface area (Å²) in [5.41, 5.74) is 4.76. The summed E-state index contributed by atoms with van der Waals surface area (Å²) in [4.78, 5) is 3.38. The molecular weight excluding hydrogens is 146 g/mol. The molecule has 0 aliphatic heterocycles. The lowest BCUT2D eigenvalue weighted by atomic mass is 9.68. The lowest BCUT2D eigenvalue weighted by Crippen LogP contribution is -2.20. The molecule has 0 aromatic carbocycles. The maximum Gasteiger partial charge on any atom is 0.0153 e. The molecule has 1 N–H and O–H groups in total. The van der Waals surface area contributed by atoms with Crippen molar-refractivity contribution in [2.45, 2.75) is 44.4 Å². The molecule has 0 atom stereocenters. The topological polar surface area (TPSA) is 15.8 Å². The van der Waals surface area contributed by atoms with Crippen LogP contribution in [0.5, 0.6) is 0 Å². The Morgan fingerprint density at radius 2 is 1.83 bits per heavy atom. The predicted octanol–water partition coefficient (Wildman–Crippen LogP) is 3.08. The summed E-state index contributed by atoms with van der Waals surface area (Å²) in [5.74, 6) is 1.80. The fourth-order valence-corrected chi connectivity index (χ4v) is 3.13. The van der Waals surface area contributed by atoms with Gasteiger partial charge in [-0.3, -0.25) is 0 Å². The smallest absolute Gasteiger partial charge is 0.0153 e. The van der Waals surface area contributed by atoms with Gasteiger partial charge in [-0.05, 0) is 55.6 Å². The fourth-order valence-electron chi connectivity index (χ4n) is 3.13. The van der Waals surface area contributed by atoms with E-state index in [1.54, 1.807) is 11.1 Å². The maximum absolute atomic E-state index is 3.38. The van der Waals surface area contributed by atoms with Gasteiger partial charge in [0.15, 0.2) is 0 Å². The van der Waals surface area contributed by atoms with E-state index in [1.165, 1.54) is 31.4 Å². The van der Waals surface area contributed by atoms with Crippen LogP contribution in [0.3, 0.4) is 0 Å². The van der Waals surface area contributed by atoms with Crippen LogP contribution in [0.2, 0.25) is 0 Å². The van der Waals surface area contributed by atoms with Crippen molar-refractivity contribution in [3.05, 3.63) is 23.0 Å². The van der Waals surface area contributed by atoms with Gasteiger partial charge in [0, 0.05) is 11.9 Å². The summed E-state index contributed by atoms with van der Waals surface area (Å²) in [7, 11) is 0. The molecule has 1 saturated carbocycles. The van der Waals surface area contributed by atoms with Crippen molar-refractivity contribution in [3.63, 3.8) is 0 Å². The zero-order valence-corrected chi connectivity index (χ0v) is 7.56. The number of H-pyrrole nitrogens is 1. The molecule has 1 aromatic heterocycles. The van der Waals surface area contributed by atoms with Gasteiger partial charge in [-0.1, -0.05) is 0 Å². The van der Waals surface area contributed by atoms with Crippen molar-refractivity contribution in [2.75, 3.05) is 0 Å². The molecule has 64 valence electrons. The van der Waals surface area contributed by atoms with E-state index in [1.807, 2.05) is 0 Å². The Hall–Kier alpha value is -0.720. The zero-order valence-electron chi connectivity index (χ0n) is 7.56.